The van der Waals surface area contributed by atoms with Gasteiger partial charge < -0.3 is 0 Å². The van der Waals surface area contributed by atoms with E-state index < -0.39 is 0 Å². The minimum atomic E-state index is 1.12. The quantitative estimate of drug-likeness (QED) is 0.532. The molecule has 0 N–H and O–H groups in total. The van der Waals surface area contributed by atoms with Gasteiger partial charge in [0, 0.05) is 0 Å². The Morgan fingerprint density at radius 1 is 0.600 bits per heavy atom. The minimum absolute atomic E-state index is 1.12. The molecule has 1 aliphatic rings. The summed E-state index contributed by atoms with van der Waals surface area (Å²) in [5.74, 6) is 0. The number of rotatable bonds is 0. The van der Waals surface area contributed by atoms with Crippen molar-refractivity contribution in [1.82, 2.24) is 0 Å². The van der Waals surface area contributed by atoms with Gasteiger partial charge in [-0.25, -0.2) is 0 Å². The summed E-state index contributed by atoms with van der Waals surface area (Å²) in [5, 5.41) is 3.23. The summed E-state index contributed by atoms with van der Waals surface area (Å²) in [6.45, 7) is 0. The van der Waals surface area contributed by atoms with Gasteiger partial charge >= 0.3 is 85.2 Å². The maximum absolute atomic E-state index is 1.62. The fourth-order valence-electron chi connectivity index (χ4n) is 0.783. The monoisotopic (exact) mass is 404 g/mol. The van der Waals surface area contributed by atoms with Crippen LogP contribution in [0.15, 0.2) is 0 Å². The molecule has 0 radical (unpaired) electrons. The van der Waals surface area contributed by atoms with E-state index >= 15 is 0 Å². The Morgan fingerprint density at radius 3 is 1.60 bits per heavy atom. The van der Waals surface area contributed by atoms with Gasteiger partial charge in [0.25, 0.3) is 0 Å². The van der Waals surface area contributed by atoms with Crippen molar-refractivity contribution in [2.75, 3.05) is 0 Å². The zero-order valence-corrected chi connectivity index (χ0v) is 12.7. The van der Waals surface area contributed by atoms with Gasteiger partial charge in [-0.3, -0.25) is 0 Å². The van der Waals surface area contributed by atoms with Crippen molar-refractivity contribution in [1.29, 1.82) is 0 Å². The summed E-state index contributed by atoms with van der Waals surface area (Å²) in [7, 11) is 0. The van der Waals surface area contributed by atoms with E-state index in [1.165, 1.54) is 0 Å². The van der Waals surface area contributed by atoms with Gasteiger partial charge in [-0.15, -0.1) is 0 Å². The first-order chi connectivity index (χ1) is 5.00. The molecule has 0 aromatic rings. The maximum atomic E-state index is 1.62. The van der Waals surface area contributed by atoms with Gasteiger partial charge in [0.2, 0.25) is 0 Å². The normalized spacial score (nSPS) is 24.0. The first-order valence-electron chi connectivity index (χ1n) is 3.58. The van der Waals surface area contributed by atoms with E-state index in [9.17, 15) is 0 Å². The third-order valence-corrected chi connectivity index (χ3v) is 40.5. The van der Waals surface area contributed by atoms with Crippen LogP contribution in [-0.2, 0) is 0 Å². The zero-order valence-electron chi connectivity index (χ0n) is 5.88. The predicted molar refractivity (Wildman–Crippen MR) is 51.1 cm³/mol. The average Bonchev–Trinajstić information content (AvgIpc) is 2.01. The molecule has 0 unspecified atom stereocenters. The van der Waals surface area contributed by atoms with E-state index in [0.29, 0.717) is 0 Å². The molecule has 10 heavy (non-hydrogen) atoms. The van der Waals surface area contributed by atoms with Crippen molar-refractivity contribution < 1.29 is 0 Å². The fourth-order valence-corrected chi connectivity index (χ4v) is 42.8. The molecule has 4 heteroatoms. The summed E-state index contributed by atoms with van der Waals surface area (Å²) < 4.78 is 0. The van der Waals surface area contributed by atoms with E-state index in [2.05, 4.69) is 0 Å². The van der Waals surface area contributed by atoms with E-state index in [1.54, 1.807) is 36.3 Å². The Kier molecular flexibility index (Phi) is 7.84. The second kappa shape index (κ2) is 7.71. The summed E-state index contributed by atoms with van der Waals surface area (Å²) in [5.41, 5.74) is 0. The Hall–Kier alpha value is 2.08. The molecule has 0 atom stereocenters. The molecule has 0 spiro atoms. The summed E-state index contributed by atoms with van der Waals surface area (Å²) in [6.07, 6.45) is 6.21. The Bertz CT molecular complexity index is 42.9. The second-order valence-electron chi connectivity index (χ2n) is 2.19. The van der Waals surface area contributed by atoms with Gasteiger partial charge in [-0.05, 0) is 0 Å². The standard InChI is InChI=1S/C6H12Se4/c1-2-4-6-8-10-9-7-5-3-1/h1-6H2. The third-order valence-electron chi connectivity index (χ3n) is 1.33. The van der Waals surface area contributed by atoms with Crippen LogP contribution < -0.4 is 0 Å². The molecule has 1 rings (SSSR count). The molecule has 0 aromatic carbocycles. The van der Waals surface area contributed by atoms with Gasteiger partial charge in [0.05, 0.1) is 0 Å². The SMILES string of the molecule is C1CCC[Se][Se][Se][Se]CC1. The van der Waals surface area contributed by atoms with Crippen molar-refractivity contribution in [2.24, 2.45) is 0 Å². The van der Waals surface area contributed by atoms with Crippen LogP contribution in [-0.4, -0.2) is 48.9 Å². The van der Waals surface area contributed by atoms with Crippen LogP contribution in [0.2, 0.25) is 10.6 Å². The molecule has 0 bridgehead atoms. The summed E-state index contributed by atoms with van der Waals surface area (Å²) >= 11 is 4.56. The van der Waals surface area contributed by atoms with Crippen molar-refractivity contribution >= 4 is 48.9 Å². The molecule has 1 saturated heterocycles. The summed E-state index contributed by atoms with van der Waals surface area (Å²) in [4.78, 5) is 0. The average molecular weight is 400 g/mol. The van der Waals surface area contributed by atoms with Crippen molar-refractivity contribution in [3.63, 3.8) is 0 Å². The van der Waals surface area contributed by atoms with E-state index in [0.717, 1.165) is 48.9 Å². The van der Waals surface area contributed by atoms with Gasteiger partial charge in [0.1, 0.15) is 0 Å². The molecule has 0 nitrogen and oxygen atoms in total. The Morgan fingerprint density at radius 2 is 1.10 bits per heavy atom. The topological polar surface area (TPSA) is 0 Å². The fraction of sp³-hybridized carbons (Fsp3) is 1.00. The van der Waals surface area contributed by atoms with Crippen molar-refractivity contribution in [3.05, 3.63) is 0 Å². The molecule has 1 heterocycles. The molecule has 1 aliphatic heterocycles. The van der Waals surface area contributed by atoms with Crippen LogP contribution >= 0.6 is 0 Å². The third kappa shape index (κ3) is 5.69. The predicted octanol–water partition coefficient (Wildman–Crippen LogP) is 0.959. The number of hydrogen-bond donors (Lipinski definition) is 0. The van der Waals surface area contributed by atoms with Crippen LogP contribution in [0.5, 0.6) is 0 Å². The van der Waals surface area contributed by atoms with Crippen LogP contribution in [0.3, 0.4) is 0 Å². The Balaban J connectivity index is 2.00. The number of hydrogen-bond acceptors (Lipinski definition) is 0. The van der Waals surface area contributed by atoms with Crippen LogP contribution in [0.25, 0.3) is 0 Å². The van der Waals surface area contributed by atoms with Crippen LogP contribution in [0.4, 0.5) is 0 Å². The molecular formula is C6H12Se4. The zero-order chi connectivity index (χ0) is 7.07. The van der Waals surface area contributed by atoms with Crippen molar-refractivity contribution in [3.8, 4) is 0 Å². The van der Waals surface area contributed by atoms with Gasteiger partial charge in [-0.2, -0.15) is 0 Å². The van der Waals surface area contributed by atoms with Crippen LogP contribution in [0, 0.1) is 0 Å². The molecule has 0 saturated carbocycles. The summed E-state index contributed by atoms with van der Waals surface area (Å²) in [6, 6.07) is 0. The molecule has 60 valence electrons. The Labute approximate surface area is 84.3 Å². The molecular weight excluding hydrogens is 388 g/mol. The first-order valence-corrected chi connectivity index (χ1v) is 19.0. The van der Waals surface area contributed by atoms with E-state index in [1.807, 2.05) is 0 Å². The molecule has 0 aromatic heterocycles. The van der Waals surface area contributed by atoms with Gasteiger partial charge in [-0.1, -0.05) is 0 Å². The molecule has 1 fully saturated rings. The van der Waals surface area contributed by atoms with Crippen molar-refractivity contribution in [2.45, 2.75) is 36.3 Å². The molecule has 0 aliphatic carbocycles. The van der Waals surface area contributed by atoms with E-state index in [-0.39, 0.29) is 0 Å². The molecule has 0 amide bonds. The van der Waals surface area contributed by atoms with Gasteiger partial charge in [0.15, 0.2) is 0 Å². The van der Waals surface area contributed by atoms with Crippen LogP contribution in [0.1, 0.15) is 25.7 Å². The second-order valence-corrected chi connectivity index (χ2v) is 29.0. The van der Waals surface area contributed by atoms with E-state index in [4.69, 9.17) is 0 Å². The first kappa shape index (κ1) is 10.2.